The number of ether oxygens (including phenoxy) is 1. The second kappa shape index (κ2) is 14.8. The molecule has 0 heterocycles. The van der Waals surface area contributed by atoms with Crippen molar-refractivity contribution in [2.75, 3.05) is 0 Å². The van der Waals surface area contributed by atoms with E-state index in [9.17, 15) is 0 Å². The van der Waals surface area contributed by atoms with Crippen molar-refractivity contribution in [2.45, 2.75) is 47.3 Å². The van der Waals surface area contributed by atoms with E-state index < -0.39 is 0 Å². The molecule has 0 spiro atoms. The number of allylic oxidation sites excluding steroid dienone is 4. The highest BCUT2D eigenvalue weighted by Crippen LogP contribution is 2.32. The van der Waals surface area contributed by atoms with E-state index in [0.29, 0.717) is 11.5 Å². The van der Waals surface area contributed by atoms with Gasteiger partial charge in [-0.3, -0.25) is 0 Å². The number of rotatable bonds is 12. The molecular formula is C40H40OS2+2. The Bertz CT molecular complexity index is 1430. The Hall–Kier alpha value is -4.18. The Kier molecular flexibility index (Phi) is 10.9. The standard InChI is InChI=1S/C40H40OS2/c1-29-9-21-37(22-10-29)42(38-23-11-30(2)12-24-38)35(7)19-17-33(5)41-34(6)18-20-36(8)43(39-25-13-31(3)14-26-39)40-27-15-32(4)16-28-40/h9-28H,5-8H2,1-4H3/q+2/b19-17-,20-18-. The van der Waals surface area contributed by atoms with Gasteiger partial charge in [0.2, 0.25) is 0 Å². The van der Waals surface area contributed by atoms with Crippen molar-refractivity contribution in [1.29, 1.82) is 0 Å². The minimum absolute atomic E-state index is 0.321. The van der Waals surface area contributed by atoms with Gasteiger partial charge in [0.15, 0.2) is 29.4 Å². The topological polar surface area (TPSA) is 9.23 Å². The summed E-state index contributed by atoms with van der Waals surface area (Å²) in [7, 11) is -0.642. The van der Waals surface area contributed by atoms with Crippen LogP contribution in [0.3, 0.4) is 0 Å². The average Bonchev–Trinajstić information content (AvgIpc) is 2.99. The third-order valence-corrected chi connectivity index (χ3v) is 11.0. The van der Waals surface area contributed by atoms with Crippen molar-refractivity contribution >= 4 is 21.8 Å². The van der Waals surface area contributed by atoms with Crippen molar-refractivity contribution in [2.24, 2.45) is 0 Å². The lowest BCUT2D eigenvalue weighted by atomic mass is 10.2. The van der Waals surface area contributed by atoms with Crippen LogP contribution in [0.1, 0.15) is 22.3 Å². The highest BCUT2D eigenvalue weighted by atomic mass is 32.2. The van der Waals surface area contributed by atoms with Gasteiger partial charge in [-0.05, 0) is 114 Å². The average molecular weight is 601 g/mol. The summed E-state index contributed by atoms with van der Waals surface area (Å²) in [6.45, 7) is 25.5. The van der Waals surface area contributed by atoms with Gasteiger partial charge in [-0.1, -0.05) is 83.9 Å². The Balaban J connectivity index is 1.45. The quantitative estimate of drug-likeness (QED) is 0.0893. The minimum atomic E-state index is -0.321. The summed E-state index contributed by atoms with van der Waals surface area (Å²) in [5.41, 5.74) is 4.94. The van der Waals surface area contributed by atoms with Gasteiger partial charge in [-0.2, -0.15) is 0 Å². The molecule has 0 radical (unpaired) electrons. The largest absolute Gasteiger partial charge is 0.459 e. The predicted molar refractivity (Wildman–Crippen MR) is 188 cm³/mol. The number of hydrogen-bond donors (Lipinski definition) is 0. The third kappa shape index (κ3) is 8.90. The SMILES string of the molecule is C=C(/C=C\C(=C)[S+](c1ccc(C)cc1)c1ccc(C)cc1)OC(=C)/C=C\C(=C)[S+](c1ccc(C)cc1)c1ccc(C)cc1. The number of aryl methyl sites for hydroxylation is 4. The van der Waals surface area contributed by atoms with E-state index in [1.54, 1.807) is 0 Å². The molecule has 0 saturated heterocycles. The summed E-state index contributed by atoms with van der Waals surface area (Å²) < 4.78 is 5.96. The summed E-state index contributed by atoms with van der Waals surface area (Å²) in [6, 6.07) is 34.7. The molecule has 43 heavy (non-hydrogen) atoms. The molecule has 0 aliphatic rings. The lowest BCUT2D eigenvalue weighted by Gasteiger charge is -2.10. The second-order valence-electron chi connectivity index (χ2n) is 10.5. The fourth-order valence-corrected chi connectivity index (χ4v) is 8.12. The highest BCUT2D eigenvalue weighted by molar-refractivity contribution is 8.01. The van der Waals surface area contributed by atoms with Crippen LogP contribution in [0.25, 0.3) is 0 Å². The summed E-state index contributed by atoms with van der Waals surface area (Å²) >= 11 is 0. The van der Waals surface area contributed by atoms with Crippen LogP contribution in [0.15, 0.2) is 189 Å². The van der Waals surface area contributed by atoms with E-state index in [4.69, 9.17) is 4.74 Å². The molecule has 3 heteroatoms. The monoisotopic (exact) mass is 600 g/mol. The molecular weight excluding hydrogens is 561 g/mol. The predicted octanol–water partition coefficient (Wildman–Crippen LogP) is 10.9. The molecule has 216 valence electrons. The van der Waals surface area contributed by atoms with Crippen LogP contribution >= 0.6 is 0 Å². The van der Waals surface area contributed by atoms with Gasteiger partial charge in [0.1, 0.15) is 11.5 Å². The molecule has 0 bridgehead atoms. The van der Waals surface area contributed by atoms with E-state index in [0.717, 1.165) is 9.81 Å². The Morgan fingerprint density at radius 1 is 0.419 bits per heavy atom. The van der Waals surface area contributed by atoms with Crippen LogP contribution in [0, 0.1) is 27.7 Å². The minimum Gasteiger partial charge on any atom is -0.459 e. The maximum atomic E-state index is 5.96. The molecule has 0 aliphatic carbocycles. The second-order valence-corrected chi connectivity index (χ2v) is 14.7. The molecule has 0 aromatic heterocycles. The van der Waals surface area contributed by atoms with Gasteiger partial charge in [0.25, 0.3) is 0 Å². The fourth-order valence-electron chi connectivity index (χ4n) is 4.32. The van der Waals surface area contributed by atoms with Crippen LogP contribution in [0.2, 0.25) is 0 Å². The maximum Gasteiger partial charge on any atom is 0.166 e. The first kappa shape index (κ1) is 31.7. The summed E-state index contributed by atoms with van der Waals surface area (Å²) in [6.07, 6.45) is 7.71. The zero-order valence-corrected chi connectivity index (χ0v) is 27.2. The summed E-state index contributed by atoms with van der Waals surface area (Å²) in [5.74, 6) is 0.989. The van der Waals surface area contributed by atoms with E-state index in [1.807, 2.05) is 24.3 Å². The smallest absolute Gasteiger partial charge is 0.166 e. The van der Waals surface area contributed by atoms with Crippen molar-refractivity contribution in [3.63, 3.8) is 0 Å². The molecule has 4 aromatic rings. The van der Waals surface area contributed by atoms with Crippen molar-refractivity contribution in [1.82, 2.24) is 0 Å². The lowest BCUT2D eigenvalue weighted by molar-refractivity contribution is 0.340. The van der Waals surface area contributed by atoms with Gasteiger partial charge < -0.3 is 4.74 Å². The van der Waals surface area contributed by atoms with Gasteiger partial charge in [-0.15, -0.1) is 0 Å². The molecule has 1 nitrogen and oxygen atoms in total. The molecule has 0 saturated carbocycles. The number of benzene rings is 4. The first-order chi connectivity index (χ1) is 20.6. The first-order valence-corrected chi connectivity index (χ1v) is 16.6. The van der Waals surface area contributed by atoms with Crippen LogP contribution < -0.4 is 0 Å². The molecule has 4 rings (SSSR count). The van der Waals surface area contributed by atoms with Gasteiger partial charge in [0.05, 0.1) is 21.8 Å². The fraction of sp³-hybridized carbons (Fsp3) is 0.100. The van der Waals surface area contributed by atoms with E-state index in [-0.39, 0.29) is 21.8 Å². The normalized spacial score (nSPS) is 11.4. The van der Waals surface area contributed by atoms with E-state index >= 15 is 0 Å². The molecule has 4 aromatic carbocycles. The molecule has 0 unspecified atom stereocenters. The molecule has 0 amide bonds. The molecule has 0 fully saturated rings. The van der Waals surface area contributed by atoms with Crippen LogP contribution in [-0.2, 0) is 26.5 Å². The summed E-state index contributed by atoms with van der Waals surface area (Å²) in [4.78, 5) is 6.84. The summed E-state index contributed by atoms with van der Waals surface area (Å²) in [5, 5.41) is 0. The third-order valence-electron chi connectivity index (χ3n) is 6.72. The molecule has 0 aliphatic heterocycles. The van der Waals surface area contributed by atoms with Crippen LogP contribution in [0.4, 0.5) is 0 Å². The highest BCUT2D eigenvalue weighted by Gasteiger charge is 2.29. The first-order valence-electron chi connectivity index (χ1n) is 14.2. The van der Waals surface area contributed by atoms with E-state index in [1.165, 1.54) is 41.8 Å². The van der Waals surface area contributed by atoms with E-state index in [2.05, 4.69) is 151 Å². The molecule has 0 atom stereocenters. The van der Waals surface area contributed by atoms with Crippen molar-refractivity contribution in [3.8, 4) is 0 Å². The Morgan fingerprint density at radius 3 is 0.884 bits per heavy atom. The van der Waals surface area contributed by atoms with Crippen LogP contribution in [-0.4, -0.2) is 0 Å². The van der Waals surface area contributed by atoms with Crippen LogP contribution in [0.5, 0.6) is 0 Å². The Morgan fingerprint density at radius 2 is 0.651 bits per heavy atom. The maximum absolute atomic E-state index is 5.96. The molecule has 0 N–H and O–H groups in total. The Labute approximate surface area is 264 Å². The van der Waals surface area contributed by atoms with Gasteiger partial charge >= 0.3 is 0 Å². The zero-order valence-electron chi connectivity index (χ0n) is 25.6. The van der Waals surface area contributed by atoms with Crippen molar-refractivity contribution < 1.29 is 4.74 Å². The number of hydrogen-bond acceptors (Lipinski definition) is 1. The lowest BCUT2D eigenvalue weighted by Crippen LogP contribution is -2.05. The zero-order chi connectivity index (χ0) is 30.9. The van der Waals surface area contributed by atoms with Gasteiger partial charge in [-0.25, -0.2) is 0 Å². The van der Waals surface area contributed by atoms with Crippen molar-refractivity contribution in [3.05, 3.63) is 191 Å². The van der Waals surface area contributed by atoms with Gasteiger partial charge in [0, 0.05) is 0 Å².